The van der Waals surface area contributed by atoms with Crippen molar-refractivity contribution in [1.82, 2.24) is 0 Å². The highest BCUT2D eigenvalue weighted by Gasteiger charge is 2.25. The van der Waals surface area contributed by atoms with Gasteiger partial charge in [-0.3, -0.25) is 10.1 Å². The average Bonchev–Trinajstić information content (AvgIpc) is 2.22. The van der Waals surface area contributed by atoms with Crippen LogP contribution in [0.25, 0.3) is 0 Å². The normalized spacial score (nSPS) is 12.5. The molecule has 0 aliphatic heterocycles. The topological polar surface area (TPSA) is 110 Å². The van der Waals surface area contributed by atoms with Gasteiger partial charge in [0.25, 0.3) is 0 Å². The van der Waals surface area contributed by atoms with E-state index in [1.165, 1.54) is 13.0 Å². The first-order chi connectivity index (χ1) is 7.40. The van der Waals surface area contributed by atoms with E-state index in [9.17, 15) is 15.2 Å². The highest BCUT2D eigenvalue weighted by Crippen LogP contribution is 2.39. The van der Waals surface area contributed by atoms with Crippen molar-refractivity contribution in [1.29, 1.82) is 0 Å². The van der Waals surface area contributed by atoms with Gasteiger partial charge in [-0.25, -0.2) is 0 Å². The van der Waals surface area contributed by atoms with Crippen molar-refractivity contribution < 1.29 is 15.1 Å². The molecule has 1 rings (SSSR count). The molecule has 0 spiro atoms. The molecular formula is C9H11BrN2O4. The number of hydrogen-bond acceptors (Lipinski definition) is 5. The number of phenols is 1. The van der Waals surface area contributed by atoms with Gasteiger partial charge < -0.3 is 15.9 Å². The maximum Gasteiger partial charge on any atom is 0.315 e. The summed E-state index contributed by atoms with van der Waals surface area (Å²) in [7, 11) is 0. The molecule has 0 aromatic heterocycles. The van der Waals surface area contributed by atoms with Crippen LogP contribution < -0.4 is 5.73 Å². The molecule has 1 atom stereocenters. The molecule has 7 heteroatoms. The highest BCUT2D eigenvalue weighted by molar-refractivity contribution is 9.10. The number of benzene rings is 1. The summed E-state index contributed by atoms with van der Waals surface area (Å²) in [6.45, 7) is 1.11. The smallest absolute Gasteiger partial charge is 0.315 e. The average molecular weight is 291 g/mol. The van der Waals surface area contributed by atoms with Crippen molar-refractivity contribution in [3.63, 3.8) is 0 Å². The first kappa shape index (κ1) is 12.9. The summed E-state index contributed by atoms with van der Waals surface area (Å²) in [6, 6.07) is 0.619. The predicted octanol–water partition coefficient (Wildman–Crippen LogP) is 1.36. The van der Waals surface area contributed by atoms with E-state index in [0.717, 1.165) is 0 Å². The van der Waals surface area contributed by atoms with Crippen LogP contribution in [-0.4, -0.2) is 21.7 Å². The summed E-state index contributed by atoms with van der Waals surface area (Å²) in [5.74, 6) is -0.493. The number of aliphatic hydroxyl groups is 1. The Morgan fingerprint density at radius 2 is 2.25 bits per heavy atom. The van der Waals surface area contributed by atoms with Crippen LogP contribution in [0, 0.1) is 17.0 Å². The molecule has 0 aliphatic carbocycles. The molecule has 4 N–H and O–H groups in total. The molecule has 0 bridgehead atoms. The fraction of sp³-hybridized carbons (Fsp3) is 0.333. The second kappa shape index (κ2) is 4.77. The number of nitrogens with zero attached hydrogens (tertiary/aromatic N) is 1. The molecule has 88 valence electrons. The third-order valence-electron chi connectivity index (χ3n) is 2.27. The first-order valence-electron chi connectivity index (χ1n) is 4.43. The van der Waals surface area contributed by atoms with Gasteiger partial charge in [-0.2, -0.15) is 0 Å². The summed E-state index contributed by atoms with van der Waals surface area (Å²) in [5, 5.41) is 29.4. The maximum atomic E-state index is 10.8. The predicted molar refractivity (Wildman–Crippen MR) is 61.2 cm³/mol. The van der Waals surface area contributed by atoms with Crippen LogP contribution in [0.3, 0.4) is 0 Å². The van der Waals surface area contributed by atoms with Gasteiger partial charge in [0, 0.05) is 15.6 Å². The summed E-state index contributed by atoms with van der Waals surface area (Å²) < 4.78 is 0.468. The number of halogens is 1. The van der Waals surface area contributed by atoms with Crippen LogP contribution in [0.2, 0.25) is 0 Å². The van der Waals surface area contributed by atoms with Gasteiger partial charge in [-0.1, -0.05) is 15.9 Å². The largest absolute Gasteiger partial charge is 0.502 e. The van der Waals surface area contributed by atoms with E-state index in [-0.39, 0.29) is 5.56 Å². The van der Waals surface area contributed by atoms with Gasteiger partial charge in [0.15, 0.2) is 5.75 Å². The summed E-state index contributed by atoms with van der Waals surface area (Å²) >= 11 is 3.14. The molecule has 0 saturated carbocycles. The standard InChI is InChI=1S/C9H11BrN2O4/c1-4-6(10)2-5(7(11)3-13)9(14)8(4)12(15)16/h2,7,13-14H,3,11H2,1H3/t7-/m1/s1. The lowest BCUT2D eigenvalue weighted by Gasteiger charge is -2.13. The molecular weight excluding hydrogens is 280 g/mol. The Labute approximate surface area is 100.0 Å². The van der Waals surface area contributed by atoms with Crippen LogP contribution in [0.1, 0.15) is 17.2 Å². The molecule has 16 heavy (non-hydrogen) atoms. The molecule has 0 amide bonds. The van der Waals surface area contributed by atoms with Crippen molar-refractivity contribution in [2.45, 2.75) is 13.0 Å². The van der Waals surface area contributed by atoms with Gasteiger partial charge in [0.1, 0.15) is 0 Å². The van der Waals surface area contributed by atoms with Crippen molar-refractivity contribution >= 4 is 21.6 Å². The van der Waals surface area contributed by atoms with Gasteiger partial charge in [0.05, 0.1) is 17.6 Å². The van der Waals surface area contributed by atoms with E-state index in [4.69, 9.17) is 10.8 Å². The van der Waals surface area contributed by atoms with E-state index < -0.39 is 29.0 Å². The van der Waals surface area contributed by atoms with E-state index >= 15 is 0 Å². The van der Waals surface area contributed by atoms with Crippen molar-refractivity contribution in [3.05, 3.63) is 31.8 Å². The van der Waals surface area contributed by atoms with Gasteiger partial charge in [-0.05, 0) is 13.0 Å². The zero-order valence-electron chi connectivity index (χ0n) is 8.48. The van der Waals surface area contributed by atoms with E-state index in [2.05, 4.69) is 15.9 Å². The minimum atomic E-state index is -0.851. The number of hydrogen-bond donors (Lipinski definition) is 3. The summed E-state index contributed by atoms with van der Waals surface area (Å²) in [5.41, 5.74) is 5.60. The van der Waals surface area contributed by atoms with Crippen molar-refractivity contribution in [3.8, 4) is 5.75 Å². The van der Waals surface area contributed by atoms with Crippen molar-refractivity contribution in [2.75, 3.05) is 6.61 Å². The van der Waals surface area contributed by atoms with Gasteiger partial charge in [0.2, 0.25) is 0 Å². The Morgan fingerprint density at radius 3 is 2.69 bits per heavy atom. The maximum absolute atomic E-state index is 10.8. The number of phenolic OH excluding ortho intramolecular Hbond substituents is 1. The van der Waals surface area contributed by atoms with Crippen LogP contribution in [-0.2, 0) is 0 Å². The Balaban J connectivity index is 3.50. The van der Waals surface area contributed by atoms with Gasteiger partial charge in [-0.15, -0.1) is 0 Å². The van der Waals surface area contributed by atoms with Gasteiger partial charge >= 0.3 is 5.69 Å². The first-order valence-corrected chi connectivity index (χ1v) is 5.22. The molecule has 0 fully saturated rings. The lowest BCUT2D eigenvalue weighted by Crippen LogP contribution is -2.15. The Bertz CT molecular complexity index is 436. The quantitative estimate of drug-likeness (QED) is 0.575. The monoisotopic (exact) mass is 290 g/mol. The Morgan fingerprint density at radius 1 is 1.69 bits per heavy atom. The number of aliphatic hydroxyl groups excluding tert-OH is 1. The third-order valence-corrected chi connectivity index (χ3v) is 3.10. The molecule has 6 nitrogen and oxygen atoms in total. The third kappa shape index (κ3) is 2.16. The van der Waals surface area contributed by atoms with Crippen molar-refractivity contribution in [2.24, 2.45) is 5.73 Å². The molecule has 0 aliphatic rings. The SMILES string of the molecule is Cc1c(Br)cc([C@H](N)CO)c(O)c1[N+](=O)[O-]. The van der Waals surface area contributed by atoms with Crippen LogP contribution in [0.15, 0.2) is 10.5 Å². The molecule has 0 unspecified atom stereocenters. The zero-order chi connectivity index (χ0) is 12.5. The lowest BCUT2D eigenvalue weighted by atomic mass is 10.0. The number of aromatic hydroxyl groups is 1. The van der Waals surface area contributed by atoms with E-state index in [1.807, 2.05) is 0 Å². The fourth-order valence-corrected chi connectivity index (χ4v) is 1.78. The number of rotatable bonds is 3. The van der Waals surface area contributed by atoms with Crippen LogP contribution in [0.4, 0.5) is 5.69 Å². The summed E-state index contributed by atoms with van der Waals surface area (Å²) in [6.07, 6.45) is 0. The molecule has 1 aromatic rings. The summed E-state index contributed by atoms with van der Waals surface area (Å²) in [4.78, 5) is 10.1. The zero-order valence-corrected chi connectivity index (χ0v) is 10.1. The number of nitrogens with two attached hydrogens (primary N) is 1. The molecule has 1 aromatic carbocycles. The molecule has 0 radical (unpaired) electrons. The minimum absolute atomic E-state index is 0.145. The minimum Gasteiger partial charge on any atom is -0.502 e. The Hall–Kier alpha value is -1.18. The number of nitro groups is 1. The fourth-order valence-electron chi connectivity index (χ4n) is 1.34. The Kier molecular flexibility index (Phi) is 3.84. The second-order valence-corrected chi connectivity index (χ2v) is 4.17. The lowest BCUT2D eigenvalue weighted by molar-refractivity contribution is -0.386. The number of nitro benzene ring substituents is 1. The van der Waals surface area contributed by atoms with E-state index in [1.54, 1.807) is 0 Å². The molecule has 0 saturated heterocycles. The van der Waals surface area contributed by atoms with Crippen LogP contribution >= 0.6 is 15.9 Å². The van der Waals surface area contributed by atoms with Crippen LogP contribution in [0.5, 0.6) is 5.75 Å². The molecule has 0 heterocycles. The second-order valence-electron chi connectivity index (χ2n) is 3.32. The highest BCUT2D eigenvalue weighted by atomic mass is 79.9. The van der Waals surface area contributed by atoms with E-state index in [0.29, 0.717) is 10.0 Å².